The van der Waals surface area contributed by atoms with Crippen LogP contribution in [-0.4, -0.2) is 49.4 Å². The second-order valence-electron chi connectivity index (χ2n) is 7.78. The molecule has 1 unspecified atom stereocenters. The fourth-order valence-corrected chi connectivity index (χ4v) is 4.63. The number of fused-ring (bicyclic) bond motifs is 1. The summed E-state index contributed by atoms with van der Waals surface area (Å²) in [5, 5.41) is 10.5. The lowest BCUT2D eigenvalue weighted by Gasteiger charge is -2.17. The van der Waals surface area contributed by atoms with E-state index in [1.807, 2.05) is 39.2 Å². The monoisotopic (exact) mass is 486 g/mol. The first kappa shape index (κ1) is 23.1. The van der Waals surface area contributed by atoms with Crippen molar-refractivity contribution in [2.75, 3.05) is 14.1 Å². The number of ether oxygens (including phenoxy) is 1. The molecule has 1 amide bonds. The van der Waals surface area contributed by atoms with E-state index in [0.29, 0.717) is 27.1 Å². The molecule has 0 aliphatic heterocycles. The number of imidazole rings is 1. The van der Waals surface area contributed by atoms with Crippen LogP contribution in [0.2, 0.25) is 5.02 Å². The summed E-state index contributed by atoms with van der Waals surface area (Å²) in [6, 6.07) is 5.81. The third-order valence-corrected chi connectivity index (χ3v) is 6.34. The lowest BCUT2D eigenvalue weighted by atomic mass is 10.1. The van der Waals surface area contributed by atoms with Gasteiger partial charge in [0.1, 0.15) is 16.8 Å². The Labute approximate surface area is 199 Å². The molecular formula is C22H23ClN6O3S. The van der Waals surface area contributed by atoms with Crippen LogP contribution in [0.25, 0.3) is 16.3 Å². The average Bonchev–Trinajstić information content (AvgIpc) is 3.36. The normalized spacial score (nSPS) is 12.4. The molecule has 1 aromatic carbocycles. The minimum absolute atomic E-state index is 0.134. The molecule has 0 saturated carbocycles. The standard InChI is InChI=1S/C22H23ClN6O3S/c1-12(15-5-4-13(6-16(15)23)9-28(2)3)32-21-19(20(24)31)33-22(27-21)17-7-26-18-8-25-14(11-30)10-29(17)18/h4-8,10,12,30H,9,11H2,1-3H3,(H2,24,31). The maximum Gasteiger partial charge on any atom is 0.264 e. The van der Waals surface area contributed by atoms with Crippen LogP contribution < -0.4 is 10.5 Å². The van der Waals surface area contributed by atoms with Crippen LogP contribution in [0.15, 0.2) is 36.8 Å². The van der Waals surface area contributed by atoms with Gasteiger partial charge >= 0.3 is 0 Å². The first-order chi connectivity index (χ1) is 15.8. The lowest BCUT2D eigenvalue weighted by molar-refractivity contribution is 0.0997. The van der Waals surface area contributed by atoms with Crippen LogP contribution in [-0.2, 0) is 13.2 Å². The Morgan fingerprint density at radius 2 is 2.12 bits per heavy atom. The lowest BCUT2D eigenvalue weighted by Crippen LogP contribution is -2.13. The van der Waals surface area contributed by atoms with Crippen molar-refractivity contribution in [2.24, 2.45) is 5.73 Å². The highest BCUT2D eigenvalue weighted by atomic mass is 35.5. The summed E-state index contributed by atoms with van der Waals surface area (Å²) in [6.45, 7) is 2.39. The van der Waals surface area contributed by atoms with Gasteiger partial charge in [-0.15, -0.1) is 11.3 Å². The first-order valence-electron chi connectivity index (χ1n) is 10.1. The number of carbonyl (C=O) groups excluding carboxylic acids is 1. The summed E-state index contributed by atoms with van der Waals surface area (Å²) >= 11 is 7.62. The smallest absolute Gasteiger partial charge is 0.264 e. The van der Waals surface area contributed by atoms with Crippen molar-refractivity contribution in [1.29, 1.82) is 0 Å². The van der Waals surface area contributed by atoms with Crippen LogP contribution in [0.3, 0.4) is 0 Å². The van der Waals surface area contributed by atoms with Crippen molar-refractivity contribution >= 4 is 34.5 Å². The first-order valence-corrected chi connectivity index (χ1v) is 11.3. The molecule has 0 bridgehead atoms. The van der Waals surface area contributed by atoms with Crippen molar-refractivity contribution in [1.82, 2.24) is 24.3 Å². The maximum absolute atomic E-state index is 12.1. The molecule has 172 valence electrons. The summed E-state index contributed by atoms with van der Waals surface area (Å²) in [7, 11) is 3.98. The van der Waals surface area contributed by atoms with Gasteiger partial charge in [0, 0.05) is 23.3 Å². The summed E-state index contributed by atoms with van der Waals surface area (Å²) in [4.78, 5) is 27.3. The summed E-state index contributed by atoms with van der Waals surface area (Å²) in [6.07, 6.45) is 4.38. The van der Waals surface area contributed by atoms with Gasteiger partial charge in [-0.05, 0) is 32.6 Å². The Bertz CT molecular complexity index is 1320. The van der Waals surface area contributed by atoms with Crippen LogP contribution in [0.1, 0.15) is 39.5 Å². The van der Waals surface area contributed by atoms with Crippen LogP contribution in [0.5, 0.6) is 5.88 Å². The summed E-state index contributed by atoms with van der Waals surface area (Å²) in [5.41, 5.74) is 9.15. The van der Waals surface area contributed by atoms with Gasteiger partial charge < -0.3 is 20.5 Å². The van der Waals surface area contributed by atoms with E-state index in [1.54, 1.807) is 23.0 Å². The Morgan fingerprint density at radius 3 is 2.79 bits per heavy atom. The fourth-order valence-electron chi connectivity index (χ4n) is 3.42. The second kappa shape index (κ2) is 9.44. The van der Waals surface area contributed by atoms with E-state index in [4.69, 9.17) is 22.1 Å². The number of benzene rings is 1. The number of nitrogens with zero attached hydrogens (tertiary/aromatic N) is 5. The number of carbonyl (C=O) groups is 1. The van der Waals surface area contributed by atoms with Gasteiger partial charge in [0.25, 0.3) is 5.91 Å². The number of nitrogens with two attached hydrogens (primary N) is 1. The van der Waals surface area contributed by atoms with E-state index in [-0.39, 0.29) is 17.4 Å². The molecule has 1 atom stereocenters. The molecule has 3 N–H and O–H groups in total. The van der Waals surface area contributed by atoms with Crippen LogP contribution in [0.4, 0.5) is 0 Å². The highest BCUT2D eigenvalue weighted by Gasteiger charge is 2.23. The molecule has 0 fully saturated rings. The zero-order valence-electron chi connectivity index (χ0n) is 18.3. The Balaban J connectivity index is 1.66. The second-order valence-corrected chi connectivity index (χ2v) is 9.19. The molecule has 33 heavy (non-hydrogen) atoms. The van der Waals surface area contributed by atoms with Crippen molar-refractivity contribution in [3.05, 3.63) is 63.5 Å². The van der Waals surface area contributed by atoms with Crippen LogP contribution in [0, 0.1) is 0 Å². The molecule has 0 radical (unpaired) electrons. The van der Waals surface area contributed by atoms with Crippen LogP contribution >= 0.6 is 22.9 Å². The van der Waals surface area contributed by atoms with Gasteiger partial charge in [-0.3, -0.25) is 14.2 Å². The molecule has 0 aliphatic rings. The minimum atomic E-state index is -0.639. The molecule has 9 nitrogen and oxygen atoms in total. The van der Waals surface area contributed by atoms with Gasteiger partial charge in [-0.1, -0.05) is 23.7 Å². The number of primary amides is 1. The highest BCUT2D eigenvalue weighted by molar-refractivity contribution is 7.17. The van der Waals surface area contributed by atoms with Crippen molar-refractivity contribution in [3.63, 3.8) is 0 Å². The number of aliphatic hydroxyl groups excluding tert-OH is 1. The van der Waals surface area contributed by atoms with Gasteiger partial charge in [-0.2, -0.15) is 4.98 Å². The molecule has 4 aromatic rings. The molecule has 3 heterocycles. The topological polar surface area (TPSA) is 119 Å². The maximum atomic E-state index is 12.1. The molecule has 4 rings (SSSR count). The van der Waals surface area contributed by atoms with E-state index in [1.165, 1.54) is 0 Å². The summed E-state index contributed by atoms with van der Waals surface area (Å²) < 4.78 is 7.80. The molecule has 3 aromatic heterocycles. The Morgan fingerprint density at radius 1 is 1.33 bits per heavy atom. The number of amides is 1. The third kappa shape index (κ3) is 4.83. The third-order valence-electron chi connectivity index (χ3n) is 4.94. The van der Waals surface area contributed by atoms with E-state index < -0.39 is 12.0 Å². The fraction of sp³-hybridized carbons (Fsp3) is 0.273. The van der Waals surface area contributed by atoms with E-state index in [0.717, 1.165) is 29.0 Å². The predicted octanol–water partition coefficient (Wildman–Crippen LogP) is 3.30. The zero-order chi connectivity index (χ0) is 23.7. The summed E-state index contributed by atoms with van der Waals surface area (Å²) in [5.74, 6) is -0.505. The molecular weight excluding hydrogens is 464 g/mol. The Hall–Kier alpha value is -3.05. The number of aliphatic hydroxyl groups is 1. The SMILES string of the molecule is CC(Oc1nc(-c2cnc3cnc(CO)cn23)sc1C(N)=O)c1ccc(CN(C)C)cc1Cl. The molecule has 0 spiro atoms. The molecule has 0 aliphatic carbocycles. The van der Waals surface area contributed by atoms with Gasteiger partial charge in [0.2, 0.25) is 5.88 Å². The highest BCUT2D eigenvalue weighted by Crippen LogP contribution is 2.36. The average molecular weight is 487 g/mol. The number of rotatable bonds is 8. The number of halogens is 1. The zero-order valence-corrected chi connectivity index (χ0v) is 19.9. The number of hydrogen-bond donors (Lipinski definition) is 2. The quantitative estimate of drug-likeness (QED) is 0.392. The predicted molar refractivity (Wildman–Crippen MR) is 126 cm³/mol. The van der Waals surface area contributed by atoms with E-state index in [2.05, 4.69) is 19.9 Å². The molecule has 0 saturated heterocycles. The van der Waals surface area contributed by atoms with E-state index in [9.17, 15) is 9.90 Å². The van der Waals surface area contributed by atoms with Gasteiger partial charge in [-0.25, -0.2) is 4.98 Å². The molecule has 11 heteroatoms. The number of thiazole rings is 1. The van der Waals surface area contributed by atoms with E-state index >= 15 is 0 Å². The Kier molecular flexibility index (Phi) is 6.61. The van der Waals surface area contributed by atoms with Crippen molar-refractivity contribution in [3.8, 4) is 16.6 Å². The number of aromatic nitrogens is 4. The van der Waals surface area contributed by atoms with Crippen molar-refractivity contribution < 1.29 is 14.6 Å². The minimum Gasteiger partial charge on any atom is -0.469 e. The van der Waals surface area contributed by atoms with Crippen molar-refractivity contribution in [2.45, 2.75) is 26.2 Å². The largest absolute Gasteiger partial charge is 0.469 e. The van der Waals surface area contributed by atoms with Gasteiger partial charge in [0.15, 0.2) is 10.5 Å². The van der Waals surface area contributed by atoms with Gasteiger partial charge in [0.05, 0.1) is 24.7 Å². The number of hydrogen-bond acceptors (Lipinski definition) is 8.